The van der Waals surface area contributed by atoms with E-state index in [1.807, 2.05) is 0 Å². The van der Waals surface area contributed by atoms with Crippen molar-refractivity contribution in [2.24, 2.45) is 5.41 Å². The summed E-state index contributed by atoms with van der Waals surface area (Å²) in [6.07, 6.45) is 5.04. The Morgan fingerprint density at radius 2 is 2.06 bits per heavy atom. The van der Waals surface area contributed by atoms with Crippen LogP contribution in [-0.2, 0) is 0 Å². The molecule has 0 spiro atoms. The van der Waals surface area contributed by atoms with Gasteiger partial charge in [0.05, 0.1) is 0 Å². The molecule has 1 aliphatic rings. The molecule has 0 saturated carbocycles. The van der Waals surface area contributed by atoms with Crippen molar-refractivity contribution in [1.29, 1.82) is 0 Å². The Morgan fingerprint density at radius 1 is 1.41 bits per heavy atom. The van der Waals surface area contributed by atoms with Gasteiger partial charge in [-0.2, -0.15) is 0 Å². The van der Waals surface area contributed by atoms with Crippen molar-refractivity contribution >= 4 is 23.1 Å². The monoisotopic (exact) mass is 254 g/mol. The smallest absolute Gasteiger partial charge is 0.157 e. The summed E-state index contributed by atoms with van der Waals surface area (Å²) in [5.74, 6) is 0.781. The summed E-state index contributed by atoms with van der Waals surface area (Å²) in [5.41, 5.74) is 6.87. The van der Waals surface area contributed by atoms with Crippen molar-refractivity contribution < 1.29 is 0 Å². The molecule has 4 nitrogen and oxygen atoms in total. The molecule has 17 heavy (non-hydrogen) atoms. The lowest BCUT2D eigenvalue weighted by atomic mass is 9.78. The highest BCUT2D eigenvalue weighted by Gasteiger charge is 2.29. The van der Waals surface area contributed by atoms with Gasteiger partial charge in [0.2, 0.25) is 0 Å². The number of hydrogen-bond acceptors (Lipinski definition) is 4. The van der Waals surface area contributed by atoms with Crippen LogP contribution in [-0.4, -0.2) is 23.1 Å². The van der Waals surface area contributed by atoms with Gasteiger partial charge in [0.15, 0.2) is 11.0 Å². The van der Waals surface area contributed by atoms with E-state index in [0.29, 0.717) is 16.3 Å². The van der Waals surface area contributed by atoms with Gasteiger partial charge in [-0.1, -0.05) is 31.9 Å². The Bertz CT molecular complexity index is 399. The topological polar surface area (TPSA) is 55.0 Å². The van der Waals surface area contributed by atoms with Crippen molar-refractivity contribution in [1.82, 2.24) is 9.97 Å². The van der Waals surface area contributed by atoms with Gasteiger partial charge < -0.3 is 10.6 Å². The highest BCUT2D eigenvalue weighted by atomic mass is 35.5. The van der Waals surface area contributed by atoms with E-state index in [1.165, 1.54) is 25.6 Å². The van der Waals surface area contributed by atoms with E-state index in [2.05, 4.69) is 28.7 Å². The average Bonchev–Trinajstić information content (AvgIpc) is 2.34. The zero-order valence-electron chi connectivity index (χ0n) is 10.4. The second kappa shape index (κ2) is 4.69. The van der Waals surface area contributed by atoms with Crippen LogP contribution in [0.2, 0.25) is 5.15 Å². The van der Waals surface area contributed by atoms with Crippen LogP contribution in [0.3, 0.4) is 0 Å². The first-order valence-electron chi connectivity index (χ1n) is 6.07. The summed E-state index contributed by atoms with van der Waals surface area (Å²) < 4.78 is 0. The third kappa shape index (κ3) is 2.46. The Kier molecular flexibility index (Phi) is 3.43. The van der Waals surface area contributed by atoms with Gasteiger partial charge in [0.1, 0.15) is 12.0 Å². The molecule has 1 saturated heterocycles. The Hall–Kier alpha value is -1.03. The molecule has 0 bridgehead atoms. The van der Waals surface area contributed by atoms with Crippen molar-refractivity contribution in [3.8, 4) is 0 Å². The van der Waals surface area contributed by atoms with Crippen LogP contribution in [0, 0.1) is 5.41 Å². The number of nitrogen functional groups attached to an aromatic ring is 1. The van der Waals surface area contributed by atoms with Gasteiger partial charge in [0, 0.05) is 13.1 Å². The van der Waals surface area contributed by atoms with E-state index >= 15 is 0 Å². The number of nitrogens with two attached hydrogens (primary N) is 1. The van der Waals surface area contributed by atoms with Crippen LogP contribution in [0.25, 0.3) is 0 Å². The highest BCUT2D eigenvalue weighted by Crippen LogP contribution is 2.37. The summed E-state index contributed by atoms with van der Waals surface area (Å²) in [6.45, 7) is 6.58. The maximum Gasteiger partial charge on any atom is 0.157 e. The number of halogens is 1. The fraction of sp³-hybridized carbons (Fsp3) is 0.667. The summed E-state index contributed by atoms with van der Waals surface area (Å²) in [7, 11) is 0. The standard InChI is InChI=1S/C12H19ClN4/c1-3-12(2)4-6-17(7-5-12)11-9(14)10(13)15-8-16-11/h8H,3-7,14H2,1-2H3. The SMILES string of the molecule is CCC1(C)CCN(c2ncnc(Cl)c2N)CC1. The van der Waals surface area contributed by atoms with Crippen molar-refractivity contribution in [3.05, 3.63) is 11.5 Å². The van der Waals surface area contributed by atoms with Crippen LogP contribution in [0.1, 0.15) is 33.1 Å². The molecule has 0 aromatic carbocycles. The second-order valence-electron chi connectivity index (χ2n) is 5.05. The minimum absolute atomic E-state index is 0.346. The fourth-order valence-corrected chi connectivity index (χ4v) is 2.36. The molecule has 0 aliphatic carbocycles. The van der Waals surface area contributed by atoms with E-state index in [4.69, 9.17) is 17.3 Å². The largest absolute Gasteiger partial charge is 0.393 e. The number of piperidine rings is 1. The molecule has 1 fully saturated rings. The van der Waals surface area contributed by atoms with E-state index in [-0.39, 0.29) is 0 Å². The molecule has 2 N–H and O–H groups in total. The molecule has 0 radical (unpaired) electrons. The molecule has 0 amide bonds. The summed E-state index contributed by atoms with van der Waals surface area (Å²) in [4.78, 5) is 10.3. The minimum Gasteiger partial charge on any atom is -0.393 e. The van der Waals surface area contributed by atoms with E-state index in [1.54, 1.807) is 0 Å². The predicted molar refractivity (Wildman–Crippen MR) is 71.3 cm³/mol. The van der Waals surface area contributed by atoms with Crippen LogP contribution in [0.5, 0.6) is 0 Å². The van der Waals surface area contributed by atoms with E-state index in [9.17, 15) is 0 Å². The highest BCUT2D eigenvalue weighted by molar-refractivity contribution is 6.32. The lowest BCUT2D eigenvalue weighted by molar-refractivity contribution is 0.238. The molecule has 2 heterocycles. The van der Waals surface area contributed by atoms with Gasteiger partial charge in [-0.3, -0.25) is 0 Å². The second-order valence-corrected chi connectivity index (χ2v) is 5.41. The van der Waals surface area contributed by atoms with Crippen molar-refractivity contribution in [2.45, 2.75) is 33.1 Å². The third-order valence-electron chi connectivity index (χ3n) is 3.94. The maximum atomic E-state index is 5.91. The number of hydrogen-bond donors (Lipinski definition) is 1. The normalized spacial score (nSPS) is 19.4. The molecule has 0 unspecified atom stereocenters. The fourth-order valence-electron chi connectivity index (χ4n) is 2.23. The Morgan fingerprint density at radius 3 is 2.65 bits per heavy atom. The third-order valence-corrected chi connectivity index (χ3v) is 4.24. The van der Waals surface area contributed by atoms with Gasteiger partial charge in [0.25, 0.3) is 0 Å². The molecule has 1 aromatic rings. The van der Waals surface area contributed by atoms with Gasteiger partial charge in [-0.05, 0) is 18.3 Å². The summed E-state index contributed by atoms with van der Waals surface area (Å²) in [6, 6.07) is 0. The molecule has 2 rings (SSSR count). The lowest BCUT2D eigenvalue weighted by Gasteiger charge is -2.39. The molecular formula is C12H19ClN4. The number of rotatable bonds is 2. The lowest BCUT2D eigenvalue weighted by Crippen LogP contribution is -2.39. The quantitative estimate of drug-likeness (QED) is 0.825. The predicted octanol–water partition coefficient (Wildman–Crippen LogP) is 2.73. The minimum atomic E-state index is 0.346. The molecular weight excluding hydrogens is 236 g/mol. The van der Waals surface area contributed by atoms with E-state index in [0.717, 1.165) is 18.9 Å². The van der Waals surface area contributed by atoms with Crippen LogP contribution < -0.4 is 10.6 Å². The Labute approximate surface area is 107 Å². The Balaban J connectivity index is 2.13. The van der Waals surface area contributed by atoms with Gasteiger partial charge in [-0.25, -0.2) is 9.97 Å². The van der Waals surface area contributed by atoms with Crippen LogP contribution >= 0.6 is 11.6 Å². The van der Waals surface area contributed by atoms with Crippen LogP contribution in [0.4, 0.5) is 11.5 Å². The van der Waals surface area contributed by atoms with Gasteiger partial charge >= 0.3 is 0 Å². The first kappa shape index (κ1) is 12.4. The molecule has 94 valence electrons. The average molecular weight is 255 g/mol. The zero-order valence-corrected chi connectivity index (χ0v) is 11.2. The van der Waals surface area contributed by atoms with Gasteiger partial charge in [-0.15, -0.1) is 0 Å². The van der Waals surface area contributed by atoms with Crippen molar-refractivity contribution in [3.63, 3.8) is 0 Å². The molecule has 0 atom stereocenters. The summed E-state index contributed by atoms with van der Waals surface area (Å²) in [5, 5.41) is 0.346. The van der Waals surface area contributed by atoms with E-state index < -0.39 is 0 Å². The number of anilines is 2. The first-order chi connectivity index (χ1) is 8.06. The number of aromatic nitrogens is 2. The van der Waals surface area contributed by atoms with Crippen LogP contribution in [0.15, 0.2) is 6.33 Å². The molecule has 1 aliphatic heterocycles. The summed E-state index contributed by atoms with van der Waals surface area (Å²) >= 11 is 5.91. The molecule has 1 aromatic heterocycles. The number of nitrogens with zero attached hydrogens (tertiary/aromatic N) is 3. The van der Waals surface area contributed by atoms with Crippen molar-refractivity contribution in [2.75, 3.05) is 23.7 Å². The first-order valence-corrected chi connectivity index (χ1v) is 6.44. The zero-order chi connectivity index (χ0) is 12.5. The molecule has 5 heteroatoms. The maximum absolute atomic E-state index is 5.91.